The molecule has 0 aliphatic carbocycles. The first-order chi connectivity index (χ1) is 8.95. The smallest absolute Gasteiger partial charge is 0.0518 e. The average Bonchev–Trinajstić information content (AvgIpc) is 2.29. The number of rotatable bonds is 3. The third kappa shape index (κ3) is 3.12. The summed E-state index contributed by atoms with van der Waals surface area (Å²) >= 11 is 3.69. The number of para-hydroxylation sites is 1. The van der Waals surface area contributed by atoms with Gasteiger partial charge in [-0.25, -0.2) is 0 Å². The molecule has 0 spiro atoms. The van der Waals surface area contributed by atoms with E-state index in [1.165, 1.54) is 5.69 Å². The summed E-state index contributed by atoms with van der Waals surface area (Å²) in [5.41, 5.74) is 7.20. The van der Waals surface area contributed by atoms with Crippen molar-refractivity contribution >= 4 is 21.6 Å². The highest BCUT2D eigenvalue weighted by Crippen LogP contribution is 2.36. The molecule has 3 nitrogen and oxygen atoms in total. The number of anilines is 1. The fourth-order valence-electron chi connectivity index (χ4n) is 3.32. The Balaban J connectivity index is 2.39. The van der Waals surface area contributed by atoms with Crippen LogP contribution in [0.25, 0.3) is 0 Å². The van der Waals surface area contributed by atoms with Crippen molar-refractivity contribution in [3.63, 3.8) is 0 Å². The SMILES string of the molecule is CN1CC(CCN)N(c2ccccc2Br)C(C)(C)C1. The molecule has 2 rings (SSSR count). The van der Waals surface area contributed by atoms with Crippen LogP contribution < -0.4 is 10.6 Å². The summed E-state index contributed by atoms with van der Waals surface area (Å²) < 4.78 is 1.16. The molecule has 1 heterocycles. The molecule has 1 aromatic rings. The summed E-state index contributed by atoms with van der Waals surface area (Å²) in [6.07, 6.45) is 1.02. The first-order valence-electron chi connectivity index (χ1n) is 6.88. The quantitative estimate of drug-likeness (QED) is 0.927. The minimum Gasteiger partial charge on any atom is -0.360 e. The largest absolute Gasteiger partial charge is 0.360 e. The molecule has 1 saturated heterocycles. The molecule has 4 heteroatoms. The Morgan fingerprint density at radius 3 is 2.68 bits per heavy atom. The molecule has 0 aromatic heterocycles. The van der Waals surface area contributed by atoms with Crippen LogP contribution in [0.4, 0.5) is 5.69 Å². The molecule has 0 radical (unpaired) electrons. The number of halogens is 1. The van der Waals surface area contributed by atoms with Crippen molar-refractivity contribution in [2.75, 3.05) is 31.6 Å². The van der Waals surface area contributed by atoms with E-state index in [0.29, 0.717) is 6.04 Å². The Kier molecular flexibility index (Phi) is 4.54. The predicted molar refractivity (Wildman–Crippen MR) is 85.7 cm³/mol. The van der Waals surface area contributed by atoms with Crippen LogP contribution in [-0.2, 0) is 0 Å². The Bertz CT molecular complexity index is 433. The Morgan fingerprint density at radius 1 is 1.37 bits per heavy atom. The molecule has 1 atom stereocenters. The predicted octanol–water partition coefficient (Wildman–Crippen LogP) is 2.70. The minimum atomic E-state index is 0.108. The number of likely N-dealkylation sites (N-methyl/N-ethyl adjacent to an activating group) is 1. The summed E-state index contributed by atoms with van der Waals surface area (Å²) in [5, 5.41) is 0. The van der Waals surface area contributed by atoms with Crippen LogP contribution in [0.1, 0.15) is 20.3 Å². The molecule has 19 heavy (non-hydrogen) atoms. The summed E-state index contributed by atoms with van der Waals surface area (Å²) in [7, 11) is 2.20. The van der Waals surface area contributed by atoms with Crippen LogP contribution in [0, 0.1) is 0 Å². The van der Waals surface area contributed by atoms with Gasteiger partial charge in [0.15, 0.2) is 0 Å². The van der Waals surface area contributed by atoms with E-state index in [4.69, 9.17) is 5.73 Å². The van der Waals surface area contributed by atoms with Gasteiger partial charge < -0.3 is 15.5 Å². The average molecular weight is 326 g/mol. The van der Waals surface area contributed by atoms with Crippen molar-refractivity contribution in [1.29, 1.82) is 0 Å². The minimum absolute atomic E-state index is 0.108. The van der Waals surface area contributed by atoms with Crippen LogP contribution in [0.2, 0.25) is 0 Å². The maximum atomic E-state index is 5.81. The van der Waals surface area contributed by atoms with E-state index < -0.39 is 0 Å². The summed E-state index contributed by atoms with van der Waals surface area (Å²) in [6, 6.07) is 8.95. The molecule has 106 valence electrons. The van der Waals surface area contributed by atoms with Gasteiger partial charge in [-0.15, -0.1) is 0 Å². The van der Waals surface area contributed by atoms with Crippen LogP contribution in [0.15, 0.2) is 28.7 Å². The lowest BCUT2D eigenvalue weighted by atomic mass is 9.92. The molecular weight excluding hydrogens is 302 g/mol. The third-order valence-electron chi connectivity index (χ3n) is 3.81. The lowest BCUT2D eigenvalue weighted by Gasteiger charge is -2.53. The van der Waals surface area contributed by atoms with Crippen molar-refractivity contribution in [3.05, 3.63) is 28.7 Å². The Hall–Kier alpha value is -0.580. The van der Waals surface area contributed by atoms with Gasteiger partial charge in [0, 0.05) is 29.1 Å². The van der Waals surface area contributed by atoms with Crippen molar-refractivity contribution in [2.24, 2.45) is 5.73 Å². The van der Waals surface area contributed by atoms with E-state index in [1.807, 2.05) is 0 Å². The lowest BCUT2D eigenvalue weighted by molar-refractivity contribution is 0.176. The van der Waals surface area contributed by atoms with Crippen molar-refractivity contribution in [2.45, 2.75) is 31.8 Å². The highest BCUT2D eigenvalue weighted by atomic mass is 79.9. The Labute approximate surface area is 124 Å². The zero-order chi connectivity index (χ0) is 14.0. The fraction of sp³-hybridized carbons (Fsp3) is 0.600. The van der Waals surface area contributed by atoms with Gasteiger partial charge >= 0.3 is 0 Å². The molecule has 1 fully saturated rings. The summed E-state index contributed by atoms with van der Waals surface area (Å²) in [5.74, 6) is 0. The van der Waals surface area contributed by atoms with Gasteiger partial charge in [0.25, 0.3) is 0 Å². The molecule has 1 unspecified atom stereocenters. The van der Waals surface area contributed by atoms with E-state index in [-0.39, 0.29) is 5.54 Å². The van der Waals surface area contributed by atoms with E-state index in [9.17, 15) is 0 Å². The molecule has 2 N–H and O–H groups in total. The fourth-order valence-corrected chi connectivity index (χ4v) is 3.80. The first kappa shape index (κ1) is 14.8. The van der Waals surface area contributed by atoms with Crippen molar-refractivity contribution < 1.29 is 0 Å². The molecule has 1 aliphatic rings. The molecule has 1 aliphatic heterocycles. The van der Waals surface area contributed by atoms with Crippen LogP contribution >= 0.6 is 15.9 Å². The van der Waals surface area contributed by atoms with Crippen LogP contribution in [0.5, 0.6) is 0 Å². The van der Waals surface area contributed by atoms with Gasteiger partial charge in [-0.05, 0) is 61.9 Å². The second-order valence-electron chi connectivity index (χ2n) is 6.06. The number of nitrogens with zero attached hydrogens (tertiary/aromatic N) is 2. The second kappa shape index (κ2) is 5.81. The summed E-state index contributed by atoms with van der Waals surface area (Å²) in [4.78, 5) is 4.96. The molecule has 0 saturated carbocycles. The molecule has 0 amide bonds. The van der Waals surface area contributed by atoms with Crippen LogP contribution in [-0.4, -0.2) is 43.2 Å². The number of hydrogen-bond donors (Lipinski definition) is 1. The van der Waals surface area contributed by atoms with E-state index in [2.05, 4.69) is 70.9 Å². The van der Waals surface area contributed by atoms with Gasteiger partial charge in [0.1, 0.15) is 0 Å². The van der Waals surface area contributed by atoms with E-state index >= 15 is 0 Å². The molecular formula is C15H24BrN3. The van der Waals surface area contributed by atoms with Crippen LogP contribution in [0.3, 0.4) is 0 Å². The zero-order valence-corrected chi connectivity index (χ0v) is 13.7. The first-order valence-corrected chi connectivity index (χ1v) is 7.67. The lowest BCUT2D eigenvalue weighted by Crippen LogP contribution is -2.64. The number of hydrogen-bond acceptors (Lipinski definition) is 3. The summed E-state index contributed by atoms with van der Waals surface area (Å²) in [6.45, 7) is 7.49. The maximum Gasteiger partial charge on any atom is 0.0518 e. The topological polar surface area (TPSA) is 32.5 Å². The maximum absolute atomic E-state index is 5.81. The van der Waals surface area contributed by atoms with E-state index in [0.717, 1.165) is 30.5 Å². The number of piperazine rings is 1. The standard InChI is InChI=1S/C15H24BrN3/c1-15(2)11-18(3)10-12(8-9-17)19(15)14-7-5-4-6-13(14)16/h4-7,12H,8-11,17H2,1-3H3. The normalized spacial score (nSPS) is 23.6. The van der Waals surface area contributed by atoms with Gasteiger partial charge in [-0.1, -0.05) is 12.1 Å². The molecule has 0 bridgehead atoms. The van der Waals surface area contributed by atoms with Gasteiger partial charge in [-0.3, -0.25) is 0 Å². The highest BCUT2D eigenvalue weighted by molar-refractivity contribution is 9.10. The van der Waals surface area contributed by atoms with Crippen molar-refractivity contribution in [1.82, 2.24) is 4.90 Å². The Morgan fingerprint density at radius 2 is 2.05 bits per heavy atom. The highest BCUT2D eigenvalue weighted by Gasteiger charge is 2.38. The number of nitrogens with two attached hydrogens (primary N) is 1. The zero-order valence-electron chi connectivity index (χ0n) is 12.1. The van der Waals surface area contributed by atoms with Crippen molar-refractivity contribution in [3.8, 4) is 0 Å². The van der Waals surface area contributed by atoms with Gasteiger partial charge in [0.05, 0.1) is 5.69 Å². The van der Waals surface area contributed by atoms with Gasteiger partial charge in [-0.2, -0.15) is 0 Å². The molecule has 1 aromatic carbocycles. The van der Waals surface area contributed by atoms with Gasteiger partial charge in [0.2, 0.25) is 0 Å². The van der Waals surface area contributed by atoms with E-state index in [1.54, 1.807) is 0 Å². The second-order valence-corrected chi connectivity index (χ2v) is 6.92. The third-order valence-corrected chi connectivity index (χ3v) is 4.48. The number of benzene rings is 1. The monoisotopic (exact) mass is 325 g/mol.